The maximum absolute atomic E-state index is 13.4. The largest absolute Gasteiger partial charge is 0.493 e. The molecule has 3 rings (SSSR count). The number of benzene rings is 2. The normalized spacial score (nSPS) is 12.7. The lowest BCUT2D eigenvalue weighted by molar-refractivity contribution is -0.150. The Hall–Kier alpha value is -2.47. The van der Waals surface area contributed by atoms with E-state index in [0.29, 0.717) is 37.4 Å². The Bertz CT molecular complexity index is 1350. The summed E-state index contributed by atoms with van der Waals surface area (Å²) in [4.78, 5) is 30.1. The molecule has 0 aliphatic heterocycles. The zero-order chi connectivity index (χ0) is 25.9. The first-order valence-electron chi connectivity index (χ1n) is 10.9. The Kier molecular flexibility index (Phi) is 8.58. The predicted octanol–water partition coefficient (Wildman–Crippen LogP) is 5.28. The molecule has 0 radical (unpaired) electrons. The number of fused-ring (bicyclic) bond motifs is 1. The summed E-state index contributed by atoms with van der Waals surface area (Å²) in [7, 11) is 1.52. The number of ether oxygens (including phenoxy) is 3. The van der Waals surface area contributed by atoms with Gasteiger partial charge in [-0.05, 0) is 72.3 Å². The van der Waals surface area contributed by atoms with Crippen LogP contribution in [0.5, 0.6) is 11.5 Å². The van der Waals surface area contributed by atoms with Crippen LogP contribution in [-0.2, 0) is 14.9 Å². The molecule has 10 heteroatoms. The number of carbonyl (C=O) groups excluding carboxylic acids is 1. The highest BCUT2D eigenvalue weighted by molar-refractivity contribution is 14.1. The van der Waals surface area contributed by atoms with Crippen LogP contribution in [0.4, 0.5) is 0 Å². The van der Waals surface area contributed by atoms with Gasteiger partial charge in [0.25, 0.3) is 5.56 Å². The van der Waals surface area contributed by atoms with E-state index in [1.807, 2.05) is 39.0 Å². The molecule has 0 saturated heterocycles. The Morgan fingerprint density at radius 2 is 2.00 bits per heavy atom. The van der Waals surface area contributed by atoms with E-state index in [9.17, 15) is 9.59 Å². The first-order valence-corrected chi connectivity index (χ1v) is 12.8. The lowest BCUT2D eigenvalue weighted by Gasteiger charge is -2.21. The third kappa shape index (κ3) is 6.21. The van der Waals surface area contributed by atoms with E-state index in [2.05, 4.69) is 43.6 Å². The van der Waals surface area contributed by atoms with Gasteiger partial charge in [0.1, 0.15) is 5.82 Å². The molecule has 186 valence electrons. The summed E-state index contributed by atoms with van der Waals surface area (Å²) in [5.41, 5.74) is 0.610. The highest BCUT2D eigenvalue weighted by Gasteiger charge is 2.23. The number of methoxy groups -OCH3 is 1. The van der Waals surface area contributed by atoms with Gasteiger partial charge in [-0.2, -0.15) is 9.78 Å². The fourth-order valence-electron chi connectivity index (χ4n) is 3.28. The second kappa shape index (κ2) is 11.1. The van der Waals surface area contributed by atoms with Crippen molar-refractivity contribution < 1.29 is 19.0 Å². The van der Waals surface area contributed by atoms with Crippen molar-refractivity contribution in [2.45, 2.75) is 46.1 Å². The number of carbonyl (C=O) groups is 1. The molecule has 35 heavy (non-hydrogen) atoms. The molecule has 0 fully saturated rings. The lowest BCUT2D eigenvalue weighted by atomic mass is 9.95. The Labute approximate surface area is 225 Å². The maximum atomic E-state index is 13.4. The van der Waals surface area contributed by atoms with Gasteiger partial charge in [-0.15, -0.1) is 0 Å². The van der Waals surface area contributed by atoms with Crippen molar-refractivity contribution in [3.63, 3.8) is 0 Å². The molecule has 0 spiro atoms. The van der Waals surface area contributed by atoms with Crippen LogP contribution >= 0.6 is 38.5 Å². The van der Waals surface area contributed by atoms with E-state index in [-0.39, 0.29) is 12.2 Å². The third-order valence-corrected chi connectivity index (χ3v) is 6.26. The summed E-state index contributed by atoms with van der Waals surface area (Å²) in [6.45, 7) is 9.57. The summed E-state index contributed by atoms with van der Waals surface area (Å²) in [5.74, 6) is 0.938. The molecule has 0 N–H and O–H groups in total. The average Bonchev–Trinajstić information content (AvgIpc) is 2.79. The fourth-order valence-corrected chi connectivity index (χ4v) is 4.39. The van der Waals surface area contributed by atoms with E-state index in [1.165, 1.54) is 11.8 Å². The second-order valence-corrected chi connectivity index (χ2v) is 10.8. The highest BCUT2D eigenvalue weighted by Crippen LogP contribution is 2.34. The van der Waals surface area contributed by atoms with Crippen molar-refractivity contribution in [2.24, 2.45) is 5.10 Å². The molecule has 2 aromatic carbocycles. The molecule has 1 heterocycles. The van der Waals surface area contributed by atoms with Crippen LogP contribution in [0, 0.1) is 3.57 Å². The van der Waals surface area contributed by atoms with E-state index in [1.54, 1.807) is 32.2 Å². The maximum Gasteiger partial charge on any atom is 0.347 e. The molecule has 0 aliphatic rings. The zero-order valence-electron chi connectivity index (χ0n) is 20.4. The number of nitrogens with zero attached hydrogens (tertiary/aromatic N) is 3. The quantitative estimate of drug-likeness (QED) is 0.195. The van der Waals surface area contributed by atoms with Gasteiger partial charge in [-0.3, -0.25) is 4.79 Å². The molecule has 0 unspecified atom stereocenters. The minimum atomic E-state index is -0.798. The Balaban J connectivity index is 2.06. The summed E-state index contributed by atoms with van der Waals surface area (Å²) >= 11 is 5.52. The Morgan fingerprint density at radius 1 is 1.29 bits per heavy atom. The van der Waals surface area contributed by atoms with E-state index < -0.39 is 17.5 Å². The molecule has 1 aromatic heterocycles. The molecule has 0 aliphatic carbocycles. The van der Waals surface area contributed by atoms with Gasteiger partial charge in [0.05, 0.1) is 34.4 Å². The van der Waals surface area contributed by atoms with Gasteiger partial charge in [0.2, 0.25) is 0 Å². The lowest BCUT2D eigenvalue weighted by Crippen LogP contribution is -2.29. The van der Waals surface area contributed by atoms with Crippen LogP contribution in [0.2, 0.25) is 0 Å². The molecular formula is C25H27BrIN3O5. The number of halogens is 2. The third-order valence-electron chi connectivity index (χ3n) is 4.97. The van der Waals surface area contributed by atoms with Crippen molar-refractivity contribution in [2.75, 3.05) is 13.7 Å². The molecule has 3 aromatic rings. The summed E-state index contributed by atoms with van der Waals surface area (Å²) in [5, 5.41) is 4.98. The van der Waals surface area contributed by atoms with Crippen molar-refractivity contribution in [3.05, 3.63) is 60.1 Å². The molecule has 0 amide bonds. The molecular weight excluding hydrogens is 629 g/mol. The Morgan fingerprint density at radius 3 is 2.63 bits per heavy atom. The number of hydrogen-bond acceptors (Lipinski definition) is 7. The molecule has 1 atom stereocenters. The molecule has 0 saturated carbocycles. The predicted molar refractivity (Wildman–Crippen MR) is 148 cm³/mol. The van der Waals surface area contributed by atoms with E-state index in [4.69, 9.17) is 19.2 Å². The smallest absolute Gasteiger partial charge is 0.347 e. The monoisotopic (exact) mass is 655 g/mol. The van der Waals surface area contributed by atoms with Crippen LogP contribution in [0.25, 0.3) is 10.9 Å². The van der Waals surface area contributed by atoms with Crippen LogP contribution in [0.1, 0.15) is 46.0 Å². The van der Waals surface area contributed by atoms with Gasteiger partial charge < -0.3 is 14.2 Å². The van der Waals surface area contributed by atoms with Crippen LogP contribution < -0.4 is 15.0 Å². The minimum absolute atomic E-state index is 0.262. The van der Waals surface area contributed by atoms with Gasteiger partial charge >= 0.3 is 5.97 Å². The topological polar surface area (TPSA) is 92.0 Å². The van der Waals surface area contributed by atoms with Crippen molar-refractivity contribution in [1.82, 2.24) is 9.66 Å². The second-order valence-electron chi connectivity index (χ2n) is 8.75. The standard InChI is InChI=1S/C25H27BrIN3O5/c1-7-34-23(32)14(2)35-21-18(27)10-15(11-20(21)33-6)13-28-30-22(31)17-12-16(26)8-9-19(17)29-24(30)25(3,4)5/h8-14H,7H2,1-6H3/t14-/m0/s1. The van der Waals surface area contributed by atoms with Crippen molar-refractivity contribution in [3.8, 4) is 11.5 Å². The summed E-state index contributed by atoms with van der Waals surface area (Å²) < 4.78 is 19.2. The SMILES string of the molecule is CCOC(=O)[C@H](C)Oc1c(I)cc(C=Nn2c(C(C)(C)C)nc3ccc(Br)cc3c2=O)cc1OC. The number of aromatic nitrogens is 2. The van der Waals surface area contributed by atoms with E-state index in [0.717, 1.165) is 4.47 Å². The summed E-state index contributed by atoms with van der Waals surface area (Å²) in [6.07, 6.45) is 0.776. The van der Waals surface area contributed by atoms with Crippen LogP contribution in [-0.4, -0.2) is 41.7 Å². The van der Waals surface area contributed by atoms with Crippen LogP contribution in [0.15, 0.2) is 44.7 Å². The fraction of sp³-hybridized carbons (Fsp3) is 0.360. The van der Waals surface area contributed by atoms with E-state index >= 15 is 0 Å². The summed E-state index contributed by atoms with van der Waals surface area (Å²) in [6, 6.07) is 8.97. The van der Waals surface area contributed by atoms with Gasteiger partial charge in [0, 0.05) is 9.89 Å². The van der Waals surface area contributed by atoms with Gasteiger partial charge in [-0.25, -0.2) is 9.78 Å². The number of hydrogen-bond donors (Lipinski definition) is 0. The first kappa shape index (κ1) is 27.1. The minimum Gasteiger partial charge on any atom is -0.493 e. The van der Waals surface area contributed by atoms with Gasteiger partial charge in [0.15, 0.2) is 17.6 Å². The average molecular weight is 656 g/mol. The highest BCUT2D eigenvalue weighted by atomic mass is 127. The first-order chi connectivity index (χ1) is 16.5. The van der Waals surface area contributed by atoms with Crippen molar-refractivity contribution >= 4 is 61.6 Å². The van der Waals surface area contributed by atoms with Crippen LogP contribution in [0.3, 0.4) is 0 Å². The zero-order valence-corrected chi connectivity index (χ0v) is 24.1. The van der Waals surface area contributed by atoms with Crippen molar-refractivity contribution in [1.29, 1.82) is 0 Å². The number of rotatable bonds is 7. The molecule has 0 bridgehead atoms. The van der Waals surface area contributed by atoms with Gasteiger partial charge in [-0.1, -0.05) is 36.7 Å². The number of esters is 1. The molecule has 8 nitrogen and oxygen atoms in total.